The number of fused-ring (bicyclic) bond motifs is 1. The average molecular weight is 515 g/mol. The first-order valence-corrected chi connectivity index (χ1v) is 14.1. The predicted molar refractivity (Wildman–Crippen MR) is 149 cm³/mol. The molecule has 6 nitrogen and oxygen atoms in total. The third-order valence-corrected chi connectivity index (χ3v) is 8.93. The topological polar surface area (TPSA) is 75.2 Å². The van der Waals surface area contributed by atoms with Crippen LogP contribution in [0, 0.1) is 0 Å². The van der Waals surface area contributed by atoms with Crippen molar-refractivity contribution in [1.82, 2.24) is 9.97 Å². The Morgan fingerprint density at radius 1 is 0.889 bits per heavy atom. The number of para-hydroxylation sites is 2. The fourth-order valence-corrected chi connectivity index (χ4v) is 6.77. The van der Waals surface area contributed by atoms with Gasteiger partial charge in [0.25, 0.3) is 10.0 Å². The quantitative estimate of drug-likeness (QED) is 0.244. The van der Waals surface area contributed by atoms with Gasteiger partial charge >= 0.3 is 0 Å². The first-order valence-electron chi connectivity index (χ1n) is 11.8. The molecular weight excluding hydrogens is 488 g/mol. The lowest BCUT2D eigenvalue weighted by Gasteiger charge is -2.24. The number of nitrogens with one attached hydrogen (secondary N) is 1. The molecule has 0 atom stereocenters. The molecule has 3 aromatic carbocycles. The second-order valence-corrected chi connectivity index (χ2v) is 10.9. The van der Waals surface area contributed by atoms with Gasteiger partial charge in [0.1, 0.15) is 21.9 Å². The summed E-state index contributed by atoms with van der Waals surface area (Å²) in [7, 11) is -3.83. The van der Waals surface area contributed by atoms with Gasteiger partial charge in [0.2, 0.25) is 0 Å². The van der Waals surface area contributed by atoms with E-state index < -0.39 is 10.0 Å². The van der Waals surface area contributed by atoms with Crippen LogP contribution in [0.1, 0.15) is 19.4 Å². The minimum absolute atomic E-state index is 0.187. The van der Waals surface area contributed by atoms with Crippen molar-refractivity contribution in [2.45, 2.75) is 25.2 Å². The highest BCUT2D eigenvalue weighted by Gasteiger charge is 2.27. The van der Waals surface area contributed by atoms with Crippen LogP contribution in [0.4, 0.5) is 17.2 Å². The van der Waals surface area contributed by atoms with Gasteiger partial charge in [-0.25, -0.2) is 18.4 Å². The number of nitrogens with zero attached hydrogens (tertiary/aromatic N) is 3. The van der Waals surface area contributed by atoms with E-state index in [1.54, 1.807) is 41.7 Å². The molecular formula is C28H26N4O2S2. The zero-order valence-electron chi connectivity index (χ0n) is 20.0. The van der Waals surface area contributed by atoms with Gasteiger partial charge in [-0.3, -0.25) is 4.31 Å². The molecule has 0 amide bonds. The zero-order chi connectivity index (χ0) is 25.1. The van der Waals surface area contributed by atoms with Gasteiger partial charge in [-0.05, 0) is 48.7 Å². The Morgan fingerprint density at radius 2 is 1.61 bits per heavy atom. The maximum absolute atomic E-state index is 13.8. The van der Waals surface area contributed by atoms with Crippen molar-refractivity contribution >= 4 is 48.8 Å². The number of rotatable bonds is 8. The lowest BCUT2D eigenvalue weighted by atomic mass is 10.0. The van der Waals surface area contributed by atoms with Gasteiger partial charge in [0.15, 0.2) is 0 Å². The van der Waals surface area contributed by atoms with Crippen LogP contribution in [0.5, 0.6) is 0 Å². The summed E-state index contributed by atoms with van der Waals surface area (Å²) in [5.74, 6) is 0.571. The highest BCUT2D eigenvalue weighted by Crippen LogP contribution is 2.38. The van der Waals surface area contributed by atoms with Crippen LogP contribution in [0.25, 0.3) is 21.3 Å². The van der Waals surface area contributed by atoms with Gasteiger partial charge in [-0.15, -0.1) is 11.3 Å². The average Bonchev–Trinajstić information content (AvgIpc) is 3.35. The fraction of sp³-hybridized carbons (Fsp3) is 0.143. The Bertz CT molecular complexity index is 1600. The highest BCUT2D eigenvalue weighted by molar-refractivity contribution is 7.93. The molecule has 2 aromatic heterocycles. The maximum Gasteiger partial charge on any atom is 0.266 e. The standard InChI is InChI=1S/C28H26N4O2S2/c1-3-20-14-16-21(17-15-20)23-18-35-28-26(23)27(29-19-30-28)31-24-12-8-9-13-25(24)36(33,34)32(4-2)22-10-6-5-7-11-22/h5-19H,3-4H2,1-2H3,(H,29,30,31). The van der Waals surface area contributed by atoms with E-state index in [9.17, 15) is 8.42 Å². The van der Waals surface area contributed by atoms with E-state index in [0.29, 0.717) is 23.7 Å². The molecule has 182 valence electrons. The van der Waals surface area contributed by atoms with Gasteiger partial charge in [-0.2, -0.15) is 0 Å². The predicted octanol–water partition coefficient (Wildman–Crippen LogP) is 6.88. The summed E-state index contributed by atoms with van der Waals surface area (Å²) in [6, 6.07) is 24.5. The number of anilines is 3. The molecule has 0 spiro atoms. The van der Waals surface area contributed by atoms with Gasteiger partial charge in [0.05, 0.1) is 16.8 Å². The van der Waals surface area contributed by atoms with Gasteiger partial charge in [0, 0.05) is 17.5 Å². The molecule has 2 heterocycles. The molecule has 0 radical (unpaired) electrons. The summed E-state index contributed by atoms with van der Waals surface area (Å²) in [5.41, 5.74) is 4.44. The molecule has 0 saturated carbocycles. The van der Waals surface area contributed by atoms with Crippen LogP contribution in [0.3, 0.4) is 0 Å². The number of hydrogen-bond acceptors (Lipinski definition) is 6. The van der Waals surface area contributed by atoms with Crippen molar-refractivity contribution in [2.75, 3.05) is 16.2 Å². The number of thiophene rings is 1. The van der Waals surface area contributed by atoms with E-state index in [-0.39, 0.29) is 4.90 Å². The van der Waals surface area contributed by atoms with Crippen molar-refractivity contribution in [3.8, 4) is 11.1 Å². The molecule has 0 unspecified atom stereocenters. The third-order valence-electron chi connectivity index (χ3n) is 6.08. The molecule has 36 heavy (non-hydrogen) atoms. The zero-order valence-corrected chi connectivity index (χ0v) is 21.7. The van der Waals surface area contributed by atoms with Crippen LogP contribution in [0.15, 0.2) is 95.5 Å². The summed E-state index contributed by atoms with van der Waals surface area (Å²) in [5, 5.41) is 6.26. The maximum atomic E-state index is 13.8. The van der Waals surface area contributed by atoms with Crippen molar-refractivity contribution in [2.24, 2.45) is 0 Å². The van der Waals surface area contributed by atoms with E-state index >= 15 is 0 Å². The minimum Gasteiger partial charge on any atom is -0.338 e. The van der Waals surface area contributed by atoms with Gasteiger partial charge < -0.3 is 5.32 Å². The molecule has 0 bridgehead atoms. The smallest absolute Gasteiger partial charge is 0.266 e. The Hall–Kier alpha value is -3.75. The van der Waals surface area contributed by atoms with Crippen molar-refractivity contribution in [1.29, 1.82) is 0 Å². The Balaban J connectivity index is 1.58. The molecule has 0 aliphatic carbocycles. The second-order valence-electron chi connectivity index (χ2n) is 8.23. The molecule has 5 aromatic rings. The lowest BCUT2D eigenvalue weighted by molar-refractivity contribution is 0.592. The summed E-state index contributed by atoms with van der Waals surface area (Å²) in [6.07, 6.45) is 2.48. The Labute approximate surface area is 215 Å². The molecule has 0 fully saturated rings. The van der Waals surface area contributed by atoms with Crippen molar-refractivity contribution in [3.63, 3.8) is 0 Å². The molecule has 5 rings (SSSR count). The molecule has 0 aliphatic heterocycles. The molecule has 0 aliphatic rings. The van der Waals surface area contributed by atoms with E-state index in [0.717, 1.165) is 27.8 Å². The fourth-order valence-electron chi connectivity index (χ4n) is 4.23. The number of aryl methyl sites for hydroxylation is 1. The number of sulfonamides is 1. The summed E-state index contributed by atoms with van der Waals surface area (Å²) >= 11 is 1.54. The molecule has 8 heteroatoms. The minimum atomic E-state index is -3.83. The number of aromatic nitrogens is 2. The van der Waals surface area contributed by atoms with Crippen LogP contribution in [0.2, 0.25) is 0 Å². The summed E-state index contributed by atoms with van der Waals surface area (Å²) < 4.78 is 29.0. The highest BCUT2D eigenvalue weighted by atomic mass is 32.2. The Morgan fingerprint density at radius 3 is 2.33 bits per heavy atom. The number of benzene rings is 3. The lowest BCUT2D eigenvalue weighted by Crippen LogP contribution is -2.31. The van der Waals surface area contributed by atoms with Crippen LogP contribution in [-0.2, 0) is 16.4 Å². The summed E-state index contributed by atoms with van der Waals surface area (Å²) in [6.45, 7) is 4.27. The van der Waals surface area contributed by atoms with Gasteiger partial charge in [-0.1, -0.05) is 61.5 Å². The molecule has 0 saturated heterocycles. The SMILES string of the molecule is CCc1ccc(-c2csc3ncnc(Nc4ccccc4S(=O)(=O)N(CC)c4ccccc4)c23)cc1. The normalized spacial score (nSPS) is 11.5. The first-order chi connectivity index (χ1) is 17.5. The number of hydrogen-bond donors (Lipinski definition) is 1. The van der Waals surface area contributed by atoms with Crippen LogP contribution >= 0.6 is 11.3 Å². The molecule has 1 N–H and O–H groups in total. The van der Waals surface area contributed by atoms with E-state index in [2.05, 4.69) is 51.9 Å². The monoisotopic (exact) mass is 514 g/mol. The second kappa shape index (κ2) is 10.1. The van der Waals surface area contributed by atoms with E-state index in [4.69, 9.17) is 0 Å². The summed E-state index contributed by atoms with van der Waals surface area (Å²) in [4.78, 5) is 9.99. The Kier molecular flexibility index (Phi) is 6.71. The third kappa shape index (κ3) is 4.45. The van der Waals surface area contributed by atoms with Crippen LogP contribution in [-0.4, -0.2) is 24.9 Å². The van der Waals surface area contributed by atoms with Crippen LogP contribution < -0.4 is 9.62 Å². The van der Waals surface area contributed by atoms with Crippen molar-refractivity contribution in [3.05, 3.63) is 96.1 Å². The van der Waals surface area contributed by atoms with E-state index in [1.165, 1.54) is 16.2 Å². The first kappa shape index (κ1) is 24.0. The largest absolute Gasteiger partial charge is 0.338 e. The van der Waals surface area contributed by atoms with Crippen molar-refractivity contribution < 1.29 is 8.42 Å². The van der Waals surface area contributed by atoms with E-state index in [1.807, 2.05) is 31.2 Å².